The monoisotopic (exact) mass is 354 g/mol. The number of nitrogens with zero attached hydrogens (tertiary/aromatic N) is 2. The Kier molecular flexibility index (Phi) is 3.80. The molecule has 1 heterocycles. The second-order valence-electron chi connectivity index (χ2n) is 6.89. The molecule has 2 aliphatic rings. The van der Waals surface area contributed by atoms with E-state index < -0.39 is 0 Å². The molecule has 6 heteroatoms. The number of rotatable bonds is 5. The predicted molar refractivity (Wildman–Crippen MR) is 97.3 cm³/mol. The molecule has 1 fully saturated rings. The summed E-state index contributed by atoms with van der Waals surface area (Å²) >= 11 is 1.35. The summed E-state index contributed by atoms with van der Waals surface area (Å²) in [5, 5.41) is 12.2. The van der Waals surface area contributed by atoms with Crippen molar-refractivity contribution in [2.45, 2.75) is 39.0 Å². The summed E-state index contributed by atoms with van der Waals surface area (Å²) in [5.74, 6) is 0.847. The molecule has 128 valence electrons. The first-order valence-electron chi connectivity index (χ1n) is 8.43. The molecule has 1 unspecified atom stereocenters. The number of allylic oxidation sites excluding steroid dienone is 1. The Labute approximate surface area is 149 Å². The fourth-order valence-corrected chi connectivity index (χ4v) is 4.48. The molecule has 1 aromatic heterocycles. The SMILES string of the molecule is CC(=O)c1sc(-c2ccc3c(c2)C([N+](=O)[O-])=CC3CC2CC2)nc1C. The normalized spacial score (nSPS) is 18.8. The highest BCUT2D eigenvalue weighted by Gasteiger charge is 2.35. The summed E-state index contributed by atoms with van der Waals surface area (Å²) in [7, 11) is 0. The van der Waals surface area contributed by atoms with Crippen molar-refractivity contribution in [2.24, 2.45) is 5.92 Å². The van der Waals surface area contributed by atoms with Crippen molar-refractivity contribution in [3.05, 3.63) is 56.1 Å². The lowest BCUT2D eigenvalue weighted by Crippen LogP contribution is -1.97. The van der Waals surface area contributed by atoms with Gasteiger partial charge in [0.1, 0.15) is 5.01 Å². The van der Waals surface area contributed by atoms with E-state index in [1.807, 2.05) is 25.1 Å². The summed E-state index contributed by atoms with van der Waals surface area (Å²) in [6.45, 7) is 3.35. The van der Waals surface area contributed by atoms with Gasteiger partial charge >= 0.3 is 0 Å². The average Bonchev–Trinajstić information content (AvgIpc) is 3.17. The third-order valence-corrected chi connectivity index (χ3v) is 6.24. The number of thiazole rings is 1. The zero-order chi connectivity index (χ0) is 17.7. The molecular formula is C19H18N2O3S. The van der Waals surface area contributed by atoms with Crippen LogP contribution in [-0.4, -0.2) is 15.7 Å². The highest BCUT2D eigenvalue weighted by Crippen LogP contribution is 2.46. The van der Waals surface area contributed by atoms with Crippen molar-refractivity contribution < 1.29 is 9.72 Å². The number of aromatic nitrogens is 1. The van der Waals surface area contributed by atoms with Crippen molar-refractivity contribution in [3.8, 4) is 10.6 Å². The topological polar surface area (TPSA) is 73.1 Å². The zero-order valence-corrected chi connectivity index (χ0v) is 14.9. The van der Waals surface area contributed by atoms with Gasteiger partial charge in [0.15, 0.2) is 5.78 Å². The number of Topliss-reactive ketones (excluding diaryl/α,β-unsaturated/α-hetero) is 1. The van der Waals surface area contributed by atoms with Crippen LogP contribution in [0.25, 0.3) is 16.3 Å². The minimum atomic E-state index is -0.288. The predicted octanol–water partition coefficient (Wildman–Crippen LogP) is 4.84. The number of hydrogen-bond acceptors (Lipinski definition) is 5. The molecule has 1 saturated carbocycles. The average molecular weight is 354 g/mol. The Morgan fingerprint density at radius 2 is 2.16 bits per heavy atom. The molecule has 4 rings (SSSR count). The Bertz CT molecular complexity index is 925. The van der Waals surface area contributed by atoms with Crippen LogP contribution in [0, 0.1) is 23.0 Å². The number of aryl methyl sites for hydroxylation is 1. The molecule has 0 amide bonds. The Morgan fingerprint density at radius 1 is 1.40 bits per heavy atom. The number of ketones is 1. The second-order valence-corrected chi connectivity index (χ2v) is 7.89. The van der Waals surface area contributed by atoms with Crippen LogP contribution in [0.2, 0.25) is 0 Å². The van der Waals surface area contributed by atoms with Crippen LogP contribution in [0.3, 0.4) is 0 Å². The van der Waals surface area contributed by atoms with Gasteiger partial charge in [0.2, 0.25) is 0 Å². The molecule has 0 bridgehead atoms. The van der Waals surface area contributed by atoms with E-state index >= 15 is 0 Å². The number of carbonyl (C=O) groups excluding carboxylic acids is 1. The van der Waals surface area contributed by atoms with Crippen molar-refractivity contribution in [1.82, 2.24) is 4.98 Å². The quantitative estimate of drug-likeness (QED) is 0.438. The smallest absolute Gasteiger partial charge is 0.273 e. The van der Waals surface area contributed by atoms with E-state index in [-0.39, 0.29) is 22.3 Å². The lowest BCUT2D eigenvalue weighted by Gasteiger charge is -2.09. The Morgan fingerprint density at radius 3 is 2.76 bits per heavy atom. The molecule has 1 aromatic carbocycles. The van der Waals surface area contributed by atoms with Gasteiger partial charge in [0, 0.05) is 24.5 Å². The minimum Gasteiger partial charge on any atom is -0.294 e. The van der Waals surface area contributed by atoms with E-state index in [1.165, 1.54) is 31.1 Å². The standard InChI is InChI=1S/C19H18N2O3S/c1-10-18(11(2)22)25-19(20-10)13-5-6-15-14(7-12-3-4-12)9-17(21(23)24)16(15)8-13/h5-6,8-9,12,14H,3-4,7H2,1-2H3. The van der Waals surface area contributed by atoms with Crippen molar-refractivity contribution in [1.29, 1.82) is 0 Å². The summed E-state index contributed by atoms with van der Waals surface area (Å²) in [4.78, 5) is 28.0. The molecule has 25 heavy (non-hydrogen) atoms. The lowest BCUT2D eigenvalue weighted by atomic mass is 9.94. The zero-order valence-electron chi connectivity index (χ0n) is 14.1. The lowest BCUT2D eigenvalue weighted by molar-refractivity contribution is -0.375. The fraction of sp³-hybridized carbons (Fsp3) is 0.368. The first kappa shape index (κ1) is 16.1. The van der Waals surface area contributed by atoms with Gasteiger partial charge in [-0.1, -0.05) is 25.0 Å². The highest BCUT2D eigenvalue weighted by molar-refractivity contribution is 7.17. The maximum atomic E-state index is 11.7. The molecule has 2 aromatic rings. The van der Waals surface area contributed by atoms with Crippen LogP contribution < -0.4 is 0 Å². The summed E-state index contributed by atoms with van der Waals surface area (Å²) in [6.07, 6.45) is 5.27. The van der Waals surface area contributed by atoms with Crippen molar-refractivity contribution >= 4 is 22.8 Å². The van der Waals surface area contributed by atoms with Crippen LogP contribution >= 0.6 is 11.3 Å². The third-order valence-electron chi connectivity index (χ3n) is 4.93. The Balaban J connectivity index is 1.75. The van der Waals surface area contributed by atoms with Gasteiger partial charge in [-0.2, -0.15) is 0 Å². The number of carbonyl (C=O) groups is 1. The van der Waals surface area contributed by atoms with Crippen molar-refractivity contribution in [2.75, 3.05) is 0 Å². The second kappa shape index (κ2) is 5.88. The van der Waals surface area contributed by atoms with Gasteiger partial charge in [0.05, 0.1) is 21.1 Å². The van der Waals surface area contributed by atoms with E-state index in [0.29, 0.717) is 22.1 Å². The molecule has 0 aliphatic heterocycles. The fourth-order valence-electron chi connectivity index (χ4n) is 3.52. The largest absolute Gasteiger partial charge is 0.294 e. The van der Waals surface area contributed by atoms with Gasteiger partial charge in [-0.25, -0.2) is 4.98 Å². The van der Waals surface area contributed by atoms with Gasteiger partial charge < -0.3 is 0 Å². The number of nitro groups is 1. The first-order valence-corrected chi connectivity index (χ1v) is 9.25. The van der Waals surface area contributed by atoms with E-state index in [2.05, 4.69) is 4.98 Å². The van der Waals surface area contributed by atoms with Gasteiger partial charge in [-0.3, -0.25) is 14.9 Å². The summed E-state index contributed by atoms with van der Waals surface area (Å²) in [6, 6.07) is 5.82. The molecular weight excluding hydrogens is 336 g/mol. The summed E-state index contributed by atoms with van der Waals surface area (Å²) < 4.78 is 0. The van der Waals surface area contributed by atoms with E-state index in [0.717, 1.165) is 22.6 Å². The summed E-state index contributed by atoms with van der Waals surface area (Å²) in [5.41, 5.74) is 3.49. The van der Waals surface area contributed by atoms with Crippen LogP contribution in [0.1, 0.15) is 58.6 Å². The number of fused-ring (bicyclic) bond motifs is 1. The highest BCUT2D eigenvalue weighted by atomic mass is 32.1. The molecule has 0 saturated heterocycles. The molecule has 0 N–H and O–H groups in total. The molecule has 0 radical (unpaired) electrons. The van der Waals surface area contributed by atoms with Crippen LogP contribution in [0.15, 0.2) is 24.3 Å². The van der Waals surface area contributed by atoms with Gasteiger partial charge in [0.25, 0.3) is 5.70 Å². The Hall–Kier alpha value is -2.34. The first-order chi connectivity index (χ1) is 11.9. The minimum absolute atomic E-state index is 0.00205. The third kappa shape index (κ3) is 2.91. The van der Waals surface area contributed by atoms with Crippen LogP contribution in [0.5, 0.6) is 0 Å². The maximum Gasteiger partial charge on any atom is 0.273 e. The number of hydrogen-bond donors (Lipinski definition) is 0. The molecule has 0 spiro atoms. The van der Waals surface area contributed by atoms with E-state index in [1.54, 1.807) is 6.08 Å². The maximum absolute atomic E-state index is 11.7. The van der Waals surface area contributed by atoms with Gasteiger partial charge in [-0.15, -0.1) is 11.3 Å². The molecule has 5 nitrogen and oxygen atoms in total. The molecule has 1 atom stereocenters. The van der Waals surface area contributed by atoms with Crippen molar-refractivity contribution in [3.63, 3.8) is 0 Å². The van der Waals surface area contributed by atoms with E-state index in [4.69, 9.17) is 0 Å². The van der Waals surface area contributed by atoms with Crippen LogP contribution in [0.4, 0.5) is 0 Å². The number of benzene rings is 1. The van der Waals surface area contributed by atoms with Crippen LogP contribution in [-0.2, 0) is 0 Å². The van der Waals surface area contributed by atoms with Gasteiger partial charge in [-0.05, 0) is 30.9 Å². The van der Waals surface area contributed by atoms with E-state index in [9.17, 15) is 14.9 Å². The molecule has 2 aliphatic carbocycles.